The van der Waals surface area contributed by atoms with Crippen LogP contribution >= 0.6 is 23.2 Å². The van der Waals surface area contributed by atoms with Crippen LogP contribution in [0.2, 0.25) is 10.0 Å². The number of nitrogens with one attached hydrogen (secondary N) is 1. The molecule has 2 rings (SSSR count). The molecule has 104 valence electrons. The Labute approximate surface area is 125 Å². The van der Waals surface area contributed by atoms with Crippen molar-refractivity contribution in [3.8, 4) is 0 Å². The van der Waals surface area contributed by atoms with Gasteiger partial charge in [0.05, 0.1) is 10.7 Å². The maximum atomic E-state index is 13.6. The Balaban J connectivity index is 2.28. The molecule has 0 aliphatic heterocycles. The molecule has 0 heterocycles. The highest BCUT2D eigenvalue weighted by Gasteiger charge is 2.12. The number of rotatable bonds is 2. The van der Waals surface area contributed by atoms with Crippen LogP contribution < -0.4 is 11.1 Å². The first-order valence-electron chi connectivity index (χ1n) is 5.70. The predicted molar refractivity (Wildman–Crippen MR) is 80.0 cm³/mol. The number of hydrogen-bond donors (Lipinski definition) is 2. The molecule has 2 aromatic carbocycles. The summed E-state index contributed by atoms with van der Waals surface area (Å²) in [5.74, 6) is -1.03. The van der Waals surface area contributed by atoms with Gasteiger partial charge in [0.2, 0.25) is 0 Å². The molecule has 0 fully saturated rings. The molecule has 0 aliphatic rings. The lowest BCUT2D eigenvalue weighted by Crippen LogP contribution is -2.13. The SMILES string of the molecule is Cc1c(N)cc(C(=O)Nc2ccc(Cl)cc2Cl)cc1F. The Morgan fingerprint density at radius 1 is 1.25 bits per heavy atom. The molecule has 1 amide bonds. The molecule has 0 saturated carbocycles. The first kappa shape index (κ1) is 14.6. The van der Waals surface area contributed by atoms with Gasteiger partial charge in [-0.2, -0.15) is 0 Å². The molecule has 3 N–H and O–H groups in total. The van der Waals surface area contributed by atoms with E-state index in [4.69, 9.17) is 28.9 Å². The number of nitrogen functional groups attached to an aromatic ring is 1. The van der Waals surface area contributed by atoms with E-state index >= 15 is 0 Å². The van der Waals surface area contributed by atoms with Crippen molar-refractivity contribution in [3.05, 3.63) is 57.3 Å². The molecule has 6 heteroatoms. The minimum absolute atomic E-state index is 0.122. The van der Waals surface area contributed by atoms with Crippen molar-refractivity contribution in [2.45, 2.75) is 6.92 Å². The zero-order chi connectivity index (χ0) is 14.9. The summed E-state index contributed by atoms with van der Waals surface area (Å²) in [6, 6.07) is 7.20. The van der Waals surface area contributed by atoms with Crippen molar-refractivity contribution in [3.63, 3.8) is 0 Å². The largest absolute Gasteiger partial charge is 0.398 e. The first-order valence-corrected chi connectivity index (χ1v) is 6.46. The van der Waals surface area contributed by atoms with E-state index < -0.39 is 11.7 Å². The van der Waals surface area contributed by atoms with Gasteiger partial charge in [0.1, 0.15) is 5.82 Å². The second kappa shape index (κ2) is 5.69. The van der Waals surface area contributed by atoms with E-state index in [1.165, 1.54) is 12.1 Å². The maximum Gasteiger partial charge on any atom is 0.255 e. The van der Waals surface area contributed by atoms with E-state index in [2.05, 4.69) is 5.32 Å². The maximum absolute atomic E-state index is 13.6. The number of anilines is 2. The van der Waals surface area contributed by atoms with Crippen LogP contribution in [0.25, 0.3) is 0 Å². The van der Waals surface area contributed by atoms with E-state index in [9.17, 15) is 9.18 Å². The molecule has 0 bridgehead atoms. The number of carbonyl (C=O) groups is 1. The summed E-state index contributed by atoms with van der Waals surface area (Å²) in [6.45, 7) is 1.54. The van der Waals surface area contributed by atoms with E-state index in [0.29, 0.717) is 21.3 Å². The van der Waals surface area contributed by atoms with Crippen molar-refractivity contribution in [1.29, 1.82) is 0 Å². The molecule has 0 saturated heterocycles. The molecular weight excluding hydrogens is 302 g/mol. The minimum atomic E-state index is -0.530. The summed E-state index contributed by atoms with van der Waals surface area (Å²) < 4.78 is 13.6. The van der Waals surface area contributed by atoms with Crippen LogP contribution in [-0.2, 0) is 0 Å². The van der Waals surface area contributed by atoms with Gasteiger partial charge in [-0.25, -0.2) is 4.39 Å². The molecule has 0 unspecified atom stereocenters. The van der Waals surface area contributed by atoms with Crippen molar-refractivity contribution in [1.82, 2.24) is 0 Å². The third-order valence-electron chi connectivity index (χ3n) is 2.83. The summed E-state index contributed by atoms with van der Waals surface area (Å²) in [6.07, 6.45) is 0. The smallest absolute Gasteiger partial charge is 0.255 e. The molecule has 20 heavy (non-hydrogen) atoms. The second-order valence-electron chi connectivity index (χ2n) is 4.25. The lowest BCUT2D eigenvalue weighted by Gasteiger charge is -2.09. The van der Waals surface area contributed by atoms with Crippen molar-refractivity contribution < 1.29 is 9.18 Å². The van der Waals surface area contributed by atoms with Gasteiger partial charge in [-0.1, -0.05) is 23.2 Å². The molecule has 3 nitrogen and oxygen atoms in total. The number of halogens is 3. The van der Waals surface area contributed by atoms with Crippen LogP contribution in [0.5, 0.6) is 0 Å². The number of amides is 1. The average molecular weight is 313 g/mol. The summed E-state index contributed by atoms with van der Waals surface area (Å²) in [5.41, 5.74) is 6.68. The number of nitrogens with two attached hydrogens (primary N) is 1. The van der Waals surface area contributed by atoms with Crippen molar-refractivity contribution >= 4 is 40.5 Å². The summed E-state index contributed by atoms with van der Waals surface area (Å²) >= 11 is 11.7. The molecule has 2 aromatic rings. The van der Waals surface area contributed by atoms with E-state index in [1.807, 2.05) is 0 Å². The lowest BCUT2D eigenvalue weighted by molar-refractivity contribution is 0.102. The number of carbonyl (C=O) groups excluding carboxylic acids is 1. The molecule has 0 atom stereocenters. The first-order chi connectivity index (χ1) is 9.38. The van der Waals surface area contributed by atoms with E-state index in [-0.39, 0.29) is 11.3 Å². The number of benzene rings is 2. The molecule has 0 spiro atoms. The van der Waals surface area contributed by atoms with Crippen LogP contribution in [0.1, 0.15) is 15.9 Å². The average Bonchev–Trinajstić information content (AvgIpc) is 2.38. The van der Waals surface area contributed by atoms with Gasteiger partial charge in [-0.05, 0) is 37.3 Å². The normalized spacial score (nSPS) is 10.4. The van der Waals surface area contributed by atoms with Crippen LogP contribution in [0, 0.1) is 12.7 Å². The van der Waals surface area contributed by atoms with Gasteiger partial charge in [-0.15, -0.1) is 0 Å². The summed E-state index contributed by atoms with van der Waals surface area (Å²) in [4.78, 5) is 12.0. The highest BCUT2D eigenvalue weighted by atomic mass is 35.5. The quantitative estimate of drug-likeness (QED) is 0.813. The fourth-order valence-electron chi connectivity index (χ4n) is 1.62. The number of hydrogen-bond acceptors (Lipinski definition) is 2. The molecule has 0 aromatic heterocycles. The monoisotopic (exact) mass is 312 g/mol. The Hall–Kier alpha value is -1.78. The van der Waals surface area contributed by atoms with Crippen LogP contribution in [0.3, 0.4) is 0 Å². The molecule has 0 radical (unpaired) electrons. The van der Waals surface area contributed by atoms with Crippen molar-refractivity contribution in [2.24, 2.45) is 0 Å². The minimum Gasteiger partial charge on any atom is -0.398 e. The lowest BCUT2D eigenvalue weighted by atomic mass is 10.1. The second-order valence-corrected chi connectivity index (χ2v) is 5.09. The van der Waals surface area contributed by atoms with Gasteiger partial charge < -0.3 is 11.1 Å². The van der Waals surface area contributed by atoms with E-state index in [1.54, 1.807) is 19.1 Å². The molecule has 0 aliphatic carbocycles. The van der Waals surface area contributed by atoms with Gasteiger partial charge in [0, 0.05) is 21.8 Å². The highest BCUT2D eigenvalue weighted by molar-refractivity contribution is 6.36. The Morgan fingerprint density at radius 2 is 1.95 bits per heavy atom. The third kappa shape index (κ3) is 3.03. The molecular formula is C14H11Cl2FN2O. The zero-order valence-electron chi connectivity index (χ0n) is 10.5. The van der Waals surface area contributed by atoms with Crippen LogP contribution in [-0.4, -0.2) is 5.91 Å². The zero-order valence-corrected chi connectivity index (χ0v) is 12.0. The Bertz CT molecular complexity index is 666. The van der Waals surface area contributed by atoms with E-state index in [0.717, 1.165) is 6.07 Å². The van der Waals surface area contributed by atoms with Crippen LogP contribution in [0.15, 0.2) is 30.3 Å². The van der Waals surface area contributed by atoms with Gasteiger partial charge in [0.25, 0.3) is 5.91 Å². The van der Waals surface area contributed by atoms with Crippen molar-refractivity contribution in [2.75, 3.05) is 11.1 Å². The Morgan fingerprint density at radius 3 is 2.55 bits per heavy atom. The van der Waals surface area contributed by atoms with Gasteiger partial charge in [0.15, 0.2) is 0 Å². The third-order valence-corrected chi connectivity index (χ3v) is 3.37. The topological polar surface area (TPSA) is 55.1 Å². The summed E-state index contributed by atoms with van der Waals surface area (Å²) in [5, 5.41) is 3.33. The fourth-order valence-corrected chi connectivity index (χ4v) is 2.07. The van der Waals surface area contributed by atoms with Gasteiger partial charge >= 0.3 is 0 Å². The van der Waals surface area contributed by atoms with Gasteiger partial charge in [-0.3, -0.25) is 4.79 Å². The fraction of sp³-hybridized carbons (Fsp3) is 0.0714. The predicted octanol–water partition coefficient (Wildman–Crippen LogP) is 4.28. The van der Waals surface area contributed by atoms with Crippen LogP contribution in [0.4, 0.5) is 15.8 Å². The Kier molecular flexibility index (Phi) is 4.16. The highest BCUT2D eigenvalue weighted by Crippen LogP contribution is 2.26. The summed E-state index contributed by atoms with van der Waals surface area (Å²) in [7, 11) is 0. The standard InChI is InChI=1S/C14H11Cl2FN2O/c1-7-11(17)4-8(5-12(7)18)14(20)19-13-3-2-9(15)6-10(13)16/h2-6H,18H2,1H3,(H,19,20).